The number of rotatable bonds is 4. The highest BCUT2D eigenvalue weighted by Gasteiger charge is 2.26. The zero-order valence-electron chi connectivity index (χ0n) is 12.4. The van der Waals surface area contributed by atoms with Gasteiger partial charge in [-0.25, -0.2) is 13.1 Å². The molecule has 4 nitrogen and oxygen atoms in total. The van der Waals surface area contributed by atoms with Crippen LogP contribution in [0.2, 0.25) is 0 Å². The third-order valence-corrected chi connectivity index (χ3v) is 4.80. The van der Waals surface area contributed by atoms with E-state index >= 15 is 0 Å². The average molecular weight is 294 g/mol. The van der Waals surface area contributed by atoms with Gasteiger partial charge < -0.3 is 5.73 Å². The van der Waals surface area contributed by atoms with E-state index in [9.17, 15) is 8.42 Å². The van der Waals surface area contributed by atoms with Gasteiger partial charge in [0.15, 0.2) is 0 Å². The average Bonchev–Trinajstić information content (AvgIpc) is 2.35. The molecule has 1 aromatic carbocycles. The Morgan fingerprint density at radius 1 is 1.35 bits per heavy atom. The first-order valence-electron chi connectivity index (χ1n) is 6.55. The van der Waals surface area contributed by atoms with Crippen LogP contribution < -0.4 is 10.5 Å². The van der Waals surface area contributed by atoms with E-state index < -0.39 is 15.6 Å². The van der Waals surface area contributed by atoms with Gasteiger partial charge >= 0.3 is 0 Å². The molecule has 5 heteroatoms. The topological polar surface area (TPSA) is 72.2 Å². The molecule has 0 saturated heterocycles. The lowest BCUT2D eigenvalue weighted by atomic mass is 10.0. The third-order valence-electron chi connectivity index (χ3n) is 3.04. The molecule has 0 aromatic heterocycles. The largest absolute Gasteiger partial charge is 0.320 e. The zero-order chi connectivity index (χ0) is 15.4. The van der Waals surface area contributed by atoms with E-state index in [1.54, 1.807) is 18.2 Å². The molecule has 0 amide bonds. The molecule has 3 N–H and O–H groups in total. The lowest BCUT2D eigenvalue weighted by molar-refractivity contribution is 0.439. The minimum Gasteiger partial charge on any atom is -0.320 e. The summed E-state index contributed by atoms with van der Waals surface area (Å²) < 4.78 is 27.7. The second-order valence-corrected chi connectivity index (χ2v) is 7.00. The number of benzene rings is 1. The molecular formula is C15H22N2O2S. The molecule has 110 valence electrons. The molecule has 0 aliphatic carbocycles. The van der Waals surface area contributed by atoms with Crippen LogP contribution in [-0.2, 0) is 10.0 Å². The van der Waals surface area contributed by atoms with Crippen molar-refractivity contribution in [3.05, 3.63) is 29.3 Å². The normalized spacial score (nSPS) is 11.8. The number of nitrogens with two attached hydrogens (primary N) is 1. The Kier molecular flexibility index (Phi) is 5.35. The van der Waals surface area contributed by atoms with E-state index in [1.165, 1.54) is 0 Å². The Balaban J connectivity index is 3.31. The van der Waals surface area contributed by atoms with Gasteiger partial charge in [-0.15, -0.1) is 0 Å². The van der Waals surface area contributed by atoms with Crippen molar-refractivity contribution >= 4 is 10.0 Å². The number of sulfonamides is 1. The number of hydrogen-bond acceptors (Lipinski definition) is 3. The second-order valence-electron chi connectivity index (χ2n) is 5.35. The van der Waals surface area contributed by atoms with Crippen LogP contribution in [-0.4, -0.2) is 20.5 Å². The van der Waals surface area contributed by atoms with Crippen LogP contribution >= 0.6 is 0 Å². The van der Waals surface area contributed by atoms with E-state index in [4.69, 9.17) is 5.73 Å². The van der Waals surface area contributed by atoms with E-state index in [1.807, 2.05) is 27.7 Å². The molecule has 1 aromatic rings. The van der Waals surface area contributed by atoms with Gasteiger partial charge in [0.25, 0.3) is 0 Å². The molecule has 0 heterocycles. The quantitative estimate of drug-likeness (QED) is 0.831. The van der Waals surface area contributed by atoms with E-state index in [-0.39, 0.29) is 11.4 Å². The Hall–Kier alpha value is -1.35. The highest BCUT2D eigenvalue weighted by atomic mass is 32.2. The Labute approximate surface area is 121 Å². The van der Waals surface area contributed by atoms with Crippen LogP contribution in [0.1, 0.15) is 38.3 Å². The Morgan fingerprint density at radius 3 is 2.55 bits per heavy atom. The fraction of sp³-hybridized carbons (Fsp3) is 0.467. The van der Waals surface area contributed by atoms with Crippen molar-refractivity contribution in [2.24, 2.45) is 5.73 Å². The molecule has 0 radical (unpaired) electrons. The first-order chi connectivity index (χ1) is 9.22. The highest BCUT2D eigenvalue weighted by molar-refractivity contribution is 7.89. The summed E-state index contributed by atoms with van der Waals surface area (Å²) in [6.07, 6.45) is 0.696. The van der Waals surface area contributed by atoms with Gasteiger partial charge in [0.1, 0.15) is 0 Å². The third kappa shape index (κ3) is 4.34. The summed E-state index contributed by atoms with van der Waals surface area (Å²) in [4.78, 5) is 0.200. The van der Waals surface area contributed by atoms with Crippen LogP contribution in [0.4, 0.5) is 0 Å². The number of hydrogen-bond donors (Lipinski definition) is 2. The van der Waals surface area contributed by atoms with Gasteiger partial charge in [-0.2, -0.15) is 0 Å². The molecule has 0 spiro atoms. The van der Waals surface area contributed by atoms with E-state index in [0.29, 0.717) is 12.0 Å². The van der Waals surface area contributed by atoms with Gasteiger partial charge in [0, 0.05) is 11.1 Å². The van der Waals surface area contributed by atoms with E-state index in [2.05, 4.69) is 16.6 Å². The molecule has 1 rings (SSSR count). The van der Waals surface area contributed by atoms with Crippen molar-refractivity contribution in [3.63, 3.8) is 0 Å². The van der Waals surface area contributed by atoms with Crippen molar-refractivity contribution < 1.29 is 8.42 Å². The molecule has 0 aliphatic rings. The Bertz CT molecular complexity index is 638. The summed E-state index contributed by atoms with van der Waals surface area (Å²) >= 11 is 0. The molecule has 0 bridgehead atoms. The van der Waals surface area contributed by atoms with Crippen molar-refractivity contribution in [1.82, 2.24) is 4.72 Å². The molecule has 0 saturated carbocycles. The first kappa shape index (κ1) is 16.7. The van der Waals surface area contributed by atoms with Crippen LogP contribution in [0.5, 0.6) is 0 Å². The minimum absolute atomic E-state index is 0.196. The lowest BCUT2D eigenvalue weighted by Crippen LogP contribution is -2.42. The highest BCUT2D eigenvalue weighted by Crippen LogP contribution is 2.20. The summed E-state index contributed by atoms with van der Waals surface area (Å²) in [7, 11) is -3.60. The second kappa shape index (κ2) is 6.40. The molecule has 0 unspecified atom stereocenters. The Morgan fingerprint density at radius 2 is 2.00 bits per heavy atom. The van der Waals surface area contributed by atoms with Gasteiger partial charge in [-0.05, 0) is 44.9 Å². The maximum Gasteiger partial charge on any atom is 0.242 e. The zero-order valence-corrected chi connectivity index (χ0v) is 13.3. The van der Waals surface area contributed by atoms with Gasteiger partial charge in [-0.3, -0.25) is 0 Å². The predicted molar refractivity (Wildman–Crippen MR) is 81.8 cm³/mol. The monoisotopic (exact) mass is 294 g/mol. The van der Waals surface area contributed by atoms with Crippen molar-refractivity contribution in [3.8, 4) is 11.8 Å². The first-order valence-corrected chi connectivity index (χ1v) is 8.04. The summed E-state index contributed by atoms with van der Waals surface area (Å²) in [6, 6.07) is 5.11. The summed E-state index contributed by atoms with van der Waals surface area (Å²) in [6.45, 7) is 7.73. The molecule has 20 heavy (non-hydrogen) atoms. The predicted octanol–water partition coefficient (Wildman–Crippen LogP) is 1.77. The minimum atomic E-state index is -3.60. The van der Waals surface area contributed by atoms with Crippen LogP contribution in [0, 0.1) is 18.8 Å². The molecule has 0 aliphatic heterocycles. The maximum absolute atomic E-state index is 12.5. The van der Waals surface area contributed by atoms with Crippen molar-refractivity contribution in [2.75, 3.05) is 6.54 Å². The number of aryl methyl sites for hydroxylation is 1. The van der Waals surface area contributed by atoms with Crippen molar-refractivity contribution in [1.29, 1.82) is 0 Å². The van der Waals surface area contributed by atoms with Crippen LogP contribution in [0.3, 0.4) is 0 Å². The van der Waals surface area contributed by atoms with Crippen LogP contribution in [0.15, 0.2) is 23.1 Å². The fourth-order valence-corrected chi connectivity index (χ4v) is 3.24. The molecule has 0 atom stereocenters. The van der Waals surface area contributed by atoms with Gasteiger partial charge in [0.05, 0.1) is 11.4 Å². The SMILES string of the molecule is CCC(C)(C)NS(=O)(=O)c1ccc(C)cc1C#CCN. The van der Waals surface area contributed by atoms with Crippen LogP contribution in [0.25, 0.3) is 0 Å². The standard InChI is InChI=1S/C15H22N2O2S/c1-5-15(3,4)17-20(18,19)14-9-8-12(2)11-13(14)7-6-10-16/h8-9,11,17H,5,10,16H2,1-4H3. The lowest BCUT2D eigenvalue weighted by Gasteiger charge is -2.24. The summed E-state index contributed by atoms with van der Waals surface area (Å²) in [5.74, 6) is 5.54. The number of nitrogens with one attached hydrogen (secondary N) is 1. The maximum atomic E-state index is 12.5. The molecular weight excluding hydrogens is 272 g/mol. The van der Waals surface area contributed by atoms with Crippen molar-refractivity contribution in [2.45, 2.75) is 44.6 Å². The van der Waals surface area contributed by atoms with Gasteiger partial charge in [-0.1, -0.05) is 24.8 Å². The van der Waals surface area contributed by atoms with E-state index in [0.717, 1.165) is 5.56 Å². The molecule has 0 fully saturated rings. The smallest absolute Gasteiger partial charge is 0.242 e. The summed E-state index contributed by atoms with van der Waals surface area (Å²) in [5.41, 5.74) is 6.30. The summed E-state index contributed by atoms with van der Waals surface area (Å²) in [5, 5.41) is 0. The fourth-order valence-electron chi connectivity index (χ4n) is 1.61. The van der Waals surface area contributed by atoms with Gasteiger partial charge in [0.2, 0.25) is 10.0 Å².